The van der Waals surface area contributed by atoms with Gasteiger partial charge in [-0.3, -0.25) is 0 Å². The van der Waals surface area contributed by atoms with E-state index in [9.17, 15) is 0 Å². The molecule has 2 heteroatoms. The SMILES string of the molecule is C1=CC(c2nc3ccccc3nc2-c2ccccc2)C=C1. The van der Waals surface area contributed by atoms with Gasteiger partial charge in [-0.05, 0) is 12.1 Å². The molecule has 100 valence electrons. The van der Waals surface area contributed by atoms with Crippen LogP contribution in [-0.4, -0.2) is 9.97 Å². The number of para-hydroxylation sites is 2. The number of rotatable bonds is 2. The van der Waals surface area contributed by atoms with Crippen LogP contribution in [0.1, 0.15) is 11.6 Å². The molecule has 1 heterocycles. The average Bonchev–Trinajstić information content (AvgIpc) is 3.09. The fraction of sp³-hybridized carbons (Fsp3) is 0.0526. The number of fused-ring (bicyclic) bond motifs is 1. The van der Waals surface area contributed by atoms with Gasteiger partial charge in [-0.2, -0.15) is 0 Å². The van der Waals surface area contributed by atoms with Crippen LogP contribution >= 0.6 is 0 Å². The highest BCUT2D eigenvalue weighted by Crippen LogP contribution is 2.31. The minimum atomic E-state index is 0.206. The van der Waals surface area contributed by atoms with Crippen molar-refractivity contribution < 1.29 is 0 Å². The molecule has 2 aromatic carbocycles. The Morgan fingerprint density at radius 3 is 2.00 bits per heavy atom. The van der Waals surface area contributed by atoms with E-state index >= 15 is 0 Å². The second-order valence-electron chi connectivity index (χ2n) is 5.11. The molecule has 2 nitrogen and oxygen atoms in total. The summed E-state index contributed by atoms with van der Waals surface area (Å²) in [6.07, 6.45) is 8.45. The van der Waals surface area contributed by atoms with Crippen molar-refractivity contribution in [2.75, 3.05) is 0 Å². The fourth-order valence-corrected chi connectivity index (χ4v) is 2.67. The van der Waals surface area contributed by atoms with E-state index in [0.717, 1.165) is 28.0 Å². The third-order valence-corrected chi connectivity index (χ3v) is 3.71. The van der Waals surface area contributed by atoms with Gasteiger partial charge in [0.1, 0.15) is 0 Å². The summed E-state index contributed by atoms with van der Waals surface area (Å²) in [4.78, 5) is 9.73. The predicted molar refractivity (Wildman–Crippen MR) is 86.0 cm³/mol. The van der Waals surface area contributed by atoms with Gasteiger partial charge in [0.2, 0.25) is 0 Å². The molecular weight excluding hydrogens is 256 g/mol. The van der Waals surface area contributed by atoms with Gasteiger partial charge in [-0.1, -0.05) is 66.8 Å². The highest BCUT2D eigenvalue weighted by Gasteiger charge is 2.17. The first kappa shape index (κ1) is 12.0. The van der Waals surface area contributed by atoms with Gasteiger partial charge in [-0.25, -0.2) is 9.97 Å². The molecule has 0 amide bonds. The maximum absolute atomic E-state index is 4.87. The molecule has 0 N–H and O–H groups in total. The van der Waals surface area contributed by atoms with E-state index in [0.29, 0.717) is 0 Å². The summed E-state index contributed by atoms with van der Waals surface area (Å²) in [6.45, 7) is 0. The predicted octanol–water partition coefficient (Wildman–Crippen LogP) is 4.51. The topological polar surface area (TPSA) is 25.8 Å². The number of benzene rings is 2. The van der Waals surface area contributed by atoms with Gasteiger partial charge >= 0.3 is 0 Å². The molecule has 1 aliphatic carbocycles. The van der Waals surface area contributed by atoms with E-state index in [1.165, 1.54) is 0 Å². The van der Waals surface area contributed by atoms with E-state index in [1.807, 2.05) is 42.5 Å². The Labute approximate surface area is 123 Å². The van der Waals surface area contributed by atoms with Gasteiger partial charge in [0, 0.05) is 11.5 Å². The molecule has 4 rings (SSSR count). The lowest BCUT2D eigenvalue weighted by Crippen LogP contribution is -2.01. The highest BCUT2D eigenvalue weighted by molar-refractivity contribution is 5.79. The zero-order valence-corrected chi connectivity index (χ0v) is 11.5. The number of allylic oxidation sites excluding steroid dienone is 4. The van der Waals surface area contributed by atoms with Crippen molar-refractivity contribution >= 4 is 11.0 Å². The largest absolute Gasteiger partial charge is 0.248 e. The summed E-state index contributed by atoms with van der Waals surface area (Å²) in [5.74, 6) is 0.206. The van der Waals surface area contributed by atoms with E-state index in [2.05, 4.69) is 36.4 Å². The van der Waals surface area contributed by atoms with Gasteiger partial charge in [0.25, 0.3) is 0 Å². The van der Waals surface area contributed by atoms with Crippen molar-refractivity contribution in [1.82, 2.24) is 9.97 Å². The molecule has 1 aliphatic rings. The monoisotopic (exact) mass is 270 g/mol. The van der Waals surface area contributed by atoms with Crippen LogP contribution in [-0.2, 0) is 0 Å². The van der Waals surface area contributed by atoms with E-state index in [4.69, 9.17) is 9.97 Å². The number of hydrogen-bond acceptors (Lipinski definition) is 2. The zero-order valence-electron chi connectivity index (χ0n) is 11.5. The molecule has 21 heavy (non-hydrogen) atoms. The molecule has 1 aromatic heterocycles. The van der Waals surface area contributed by atoms with Crippen LogP contribution in [0.4, 0.5) is 0 Å². The Kier molecular flexibility index (Phi) is 2.86. The maximum atomic E-state index is 4.87. The van der Waals surface area contributed by atoms with E-state index in [1.54, 1.807) is 0 Å². The molecule has 0 saturated heterocycles. The van der Waals surface area contributed by atoms with Crippen LogP contribution < -0.4 is 0 Å². The molecule has 0 saturated carbocycles. The Morgan fingerprint density at radius 2 is 1.29 bits per heavy atom. The minimum absolute atomic E-state index is 0.206. The zero-order chi connectivity index (χ0) is 14.1. The first-order valence-corrected chi connectivity index (χ1v) is 7.09. The van der Waals surface area contributed by atoms with Crippen molar-refractivity contribution in [2.45, 2.75) is 5.92 Å². The number of hydrogen-bond donors (Lipinski definition) is 0. The maximum Gasteiger partial charge on any atom is 0.0934 e. The lowest BCUT2D eigenvalue weighted by molar-refractivity contribution is 1.01. The number of nitrogens with zero attached hydrogens (tertiary/aromatic N) is 2. The van der Waals surface area contributed by atoms with Crippen molar-refractivity contribution in [2.24, 2.45) is 0 Å². The van der Waals surface area contributed by atoms with Gasteiger partial charge in [-0.15, -0.1) is 0 Å². The Bertz CT molecular complexity index is 836. The fourth-order valence-electron chi connectivity index (χ4n) is 2.67. The average molecular weight is 270 g/mol. The third kappa shape index (κ3) is 2.15. The summed E-state index contributed by atoms with van der Waals surface area (Å²) in [5.41, 5.74) is 4.98. The minimum Gasteiger partial charge on any atom is -0.248 e. The Hall–Kier alpha value is -2.74. The normalized spacial score (nSPS) is 14.1. The van der Waals surface area contributed by atoms with Crippen LogP contribution in [0.2, 0.25) is 0 Å². The number of aromatic nitrogens is 2. The quantitative estimate of drug-likeness (QED) is 0.685. The molecule has 0 atom stereocenters. The van der Waals surface area contributed by atoms with E-state index < -0.39 is 0 Å². The van der Waals surface area contributed by atoms with Gasteiger partial charge in [0.05, 0.1) is 22.4 Å². The Morgan fingerprint density at radius 1 is 0.667 bits per heavy atom. The molecule has 0 fully saturated rings. The van der Waals surface area contributed by atoms with Crippen LogP contribution in [0.3, 0.4) is 0 Å². The molecule has 0 radical (unpaired) electrons. The van der Waals surface area contributed by atoms with Crippen molar-refractivity contribution in [3.63, 3.8) is 0 Å². The molecule has 0 spiro atoms. The van der Waals surface area contributed by atoms with Crippen molar-refractivity contribution in [1.29, 1.82) is 0 Å². The lowest BCUT2D eigenvalue weighted by Gasteiger charge is -2.13. The summed E-state index contributed by atoms with van der Waals surface area (Å²) in [6, 6.07) is 18.3. The van der Waals surface area contributed by atoms with Crippen LogP contribution in [0.25, 0.3) is 22.3 Å². The van der Waals surface area contributed by atoms with Crippen molar-refractivity contribution in [3.8, 4) is 11.3 Å². The smallest absolute Gasteiger partial charge is 0.0934 e. The molecule has 0 bridgehead atoms. The summed E-state index contributed by atoms with van der Waals surface area (Å²) < 4.78 is 0. The summed E-state index contributed by atoms with van der Waals surface area (Å²) >= 11 is 0. The summed E-state index contributed by atoms with van der Waals surface area (Å²) in [7, 11) is 0. The van der Waals surface area contributed by atoms with Gasteiger partial charge in [0.15, 0.2) is 0 Å². The third-order valence-electron chi connectivity index (χ3n) is 3.71. The standard InChI is InChI=1S/C19H14N2/c1-2-8-14(9-3-1)18-19(15-10-4-5-11-15)21-17-13-7-6-12-16(17)20-18/h1-13,15H. The first-order chi connectivity index (χ1) is 10.4. The molecule has 3 aromatic rings. The second-order valence-corrected chi connectivity index (χ2v) is 5.11. The van der Waals surface area contributed by atoms with Crippen LogP contribution in [0.5, 0.6) is 0 Å². The lowest BCUT2D eigenvalue weighted by atomic mass is 10.00. The van der Waals surface area contributed by atoms with Crippen LogP contribution in [0, 0.1) is 0 Å². The summed E-state index contributed by atoms with van der Waals surface area (Å²) in [5, 5.41) is 0. The molecule has 0 aliphatic heterocycles. The highest BCUT2D eigenvalue weighted by atomic mass is 14.8. The molecule has 0 unspecified atom stereocenters. The Balaban J connectivity index is 2.00. The van der Waals surface area contributed by atoms with Gasteiger partial charge < -0.3 is 0 Å². The first-order valence-electron chi connectivity index (χ1n) is 7.09. The van der Waals surface area contributed by atoms with Crippen LogP contribution in [0.15, 0.2) is 78.9 Å². The molecular formula is C19H14N2. The van der Waals surface area contributed by atoms with Crippen molar-refractivity contribution in [3.05, 3.63) is 84.6 Å². The second kappa shape index (κ2) is 4.98. The van der Waals surface area contributed by atoms with E-state index in [-0.39, 0.29) is 5.92 Å².